The SMILES string of the molecule is CCC(C)N(C(C)CC)S(=O)(=O)c1ccc2[nH]c(=O)oc2c1. The molecule has 0 aliphatic carbocycles. The van der Waals surface area contributed by atoms with Gasteiger partial charge in [-0.15, -0.1) is 0 Å². The van der Waals surface area contributed by atoms with Crippen LogP contribution in [0.4, 0.5) is 0 Å². The highest BCUT2D eigenvalue weighted by Crippen LogP contribution is 2.25. The van der Waals surface area contributed by atoms with Crippen LogP contribution < -0.4 is 5.76 Å². The van der Waals surface area contributed by atoms with Gasteiger partial charge in [-0.05, 0) is 38.8 Å². The second-order valence-corrected chi connectivity index (χ2v) is 7.37. The summed E-state index contributed by atoms with van der Waals surface area (Å²) in [7, 11) is -3.65. The Morgan fingerprint density at radius 2 is 1.77 bits per heavy atom. The van der Waals surface area contributed by atoms with Gasteiger partial charge in [0.15, 0.2) is 5.58 Å². The number of sulfonamides is 1. The lowest BCUT2D eigenvalue weighted by molar-refractivity contribution is 0.262. The summed E-state index contributed by atoms with van der Waals surface area (Å²) in [6.07, 6.45) is 1.45. The molecule has 2 unspecified atom stereocenters. The monoisotopic (exact) mass is 326 g/mol. The van der Waals surface area contributed by atoms with Gasteiger partial charge in [-0.1, -0.05) is 13.8 Å². The van der Waals surface area contributed by atoms with Gasteiger partial charge in [0.2, 0.25) is 10.0 Å². The number of H-pyrrole nitrogens is 1. The van der Waals surface area contributed by atoms with Crippen molar-refractivity contribution in [2.24, 2.45) is 0 Å². The quantitative estimate of drug-likeness (QED) is 0.884. The van der Waals surface area contributed by atoms with Gasteiger partial charge >= 0.3 is 5.76 Å². The highest BCUT2D eigenvalue weighted by atomic mass is 32.2. The fourth-order valence-electron chi connectivity index (χ4n) is 2.48. The summed E-state index contributed by atoms with van der Waals surface area (Å²) >= 11 is 0. The van der Waals surface area contributed by atoms with Crippen molar-refractivity contribution in [2.75, 3.05) is 0 Å². The van der Waals surface area contributed by atoms with E-state index < -0.39 is 15.8 Å². The predicted molar refractivity (Wildman–Crippen MR) is 85.4 cm³/mol. The van der Waals surface area contributed by atoms with Crippen LogP contribution in [0, 0.1) is 0 Å². The Kier molecular flexibility index (Phi) is 4.77. The molecule has 0 fully saturated rings. The van der Waals surface area contributed by atoms with Gasteiger partial charge in [0.25, 0.3) is 0 Å². The molecule has 0 saturated heterocycles. The van der Waals surface area contributed by atoms with Crippen molar-refractivity contribution in [1.82, 2.24) is 9.29 Å². The molecule has 2 rings (SSSR count). The van der Waals surface area contributed by atoms with E-state index in [9.17, 15) is 13.2 Å². The number of hydrogen-bond donors (Lipinski definition) is 1. The van der Waals surface area contributed by atoms with Crippen LogP contribution >= 0.6 is 0 Å². The zero-order valence-corrected chi connectivity index (χ0v) is 14.1. The van der Waals surface area contributed by atoms with Crippen LogP contribution in [0.5, 0.6) is 0 Å². The number of aromatic nitrogens is 1. The molecule has 0 saturated carbocycles. The van der Waals surface area contributed by atoms with E-state index in [0.717, 1.165) is 12.8 Å². The number of rotatable bonds is 6. The molecule has 122 valence electrons. The van der Waals surface area contributed by atoms with E-state index in [0.29, 0.717) is 5.52 Å². The number of benzene rings is 1. The minimum atomic E-state index is -3.65. The summed E-state index contributed by atoms with van der Waals surface area (Å²) in [6.45, 7) is 7.73. The molecule has 6 nitrogen and oxygen atoms in total. The summed E-state index contributed by atoms with van der Waals surface area (Å²) in [5.74, 6) is -0.592. The van der Waals surface area contributed by atoms with Gasteiger partial charge in [0.1, 0.15) is 0 Å². The second kappa shape index (κ2) is 6.26. The molecule has 7 heteroatoms. The summed E-state index contributed by atoms with van der Waals surface area (Å²) < 4.78 is 32.5. The molecule has 0 bridgehead atoms. The Bertz CT molecular complexity index is 796. The number of hydrogen-bond acceptors (Lipinski definition) is 4. The van der Waals surface area contributed by atoms with Crippen molar-refractivity contribution in [1.29, 1.82) is 0 Å². The van der Waals surface area contributed by atoms with Gasteiger partial charge in [0.05, 0.1) is 10.4 Å². The molecular formula is C15H22N2O4S. The van der Waals surface area contributed by atoms with E-state index >= 15 is 0 Å². The van der Waals surface area contributed by atoms with E-state index in [-0.39, 0.29) is 22.6 Å². The molecule has 22 heavy (non-hydrogen) atoms. The lowest BCUT2D eigenvalue weighted by atomic mass is 10.2. The minimum Gasteiger partial charge on any atom is -0.408 e. The van der Waals surface area contributed by atoms with Crippen molar-refractivity contribution in [2.45, 2.75) is 57.5 Å². The maximum absolute atomic E-state index is 13.0. The van der Waals surface area contributed by atoms with Crippen molar-refractivity contribution in [3.8, 4) is 0 Å². The van der Waals surface area contributed by atoms with Crippen LogP contribution in [0.3, 0.4) is 0 Å². The molecule has 2 atom stereocenters. The van der Waals surface area contributed by atoms with Crippen LogP contribution in [0.1, 0.15) is 40.5 Å². The van der Waals surface area contributed by atoms with Crippen LogP contribution in [0.15, 0.2) is 32.3 Å². The molecular weight excluding hydrogens is 304 g/mol. The average Bonchev–Trinajstić information content (AvgIpc) is 2.85. The van der Waals surface area contributed by atoms with Gasteiger partial charge in [-0.25, -0.2) is 13.2 Å². The zero-order valence-electron chi connectivity index (χ0n) is 13.3. The Morgan fingerprint density at radius 1 is 1.18 bits per heavy atom. The molecule has 1 aromatic carbocycles. The van der Waals surface area contributed by atoms with Gasteiger partial charge in [0, 0.05) is 18.2 Å². The number of nitrogens with one attached hydrogen (secondary N) is 1. The summed E-state index contributed by atoms with van der Waals surface area (Å²) in [5, 5.41) is 0. The maximum Gasteiger partial charge on any atom is 0.417 e. The molecule has 0 radical (unpaired) electrons. The topological polar surface area (TPSA) is 83.4 Å². The molecule has 0 spiro atoms. The lowest BCUT2D eigenvalue weighted by Gasteiger charge is -2.32. The fraction of sp³-hybridized carbons (Fsp3) is 0.533. The molecule has 1 heterocycles. The van der Waals surface area contributed by atoms with E-state index in [4.69, 9.17) is 4.42 Å². The Labute approximate surface area is 130 Å². The highest BCUT2D eigenvalue weighted by molar-refractivity contribution is 7.89. The van der Waals surface area contributed by atoms with Gasteiger partial charge in [-0.3, -0.25) is 4.98 Å². The molecule has 1 aromatic heterocycles. The molecule has 1 N–H and O–H groups in total. The highest BCUT2D eigenvalue weighted by Gasteiger charge is 2.32. The lowest BCUT2D eigenvalue weighted by Crippen LogP contribution is -2.44. The first kappa shape index (κ1) is 16.8. The number of oxazole rings is 1. The fourth-order valence-corrected chi connectivity index (χ4v) is 4.46. The Hall–Kier alpha value is -1.60. The van der Waals surface area contributed by atoms with Crippen LogP contribution in [-0.4, -0.2) is 29.8 Å². The largest absolute Gasteiger partial charge is 0.417 e. The Balaban J connectivity index is 2.55. The summed E-state index contributed by atoms with van der Waals surface area (Å²) in [4.78, 5) is 13.9. The molecule has 0 aliphatic heterocycles. The van der Waals surface area contributed by atoms with E-state index in [1.54, 1.807) is 10.4 Å². The third kappa shape index (κ3) is 2.96. The predicted octanol–water partition coefficient (Wildman–Crippen LogP) is 2.71. The number of fused-ring (bicyclic) bond motifs is 1. The van der Waals surface area contributed by atoms with E-state index in [1.165, 1.54) is 12.1 Å². The zero-order chi connectivity index (χ0) is 16.5. The Morgan fingerprint density at radius 3 is 2.32 bits per heavy atom. The van der Waals surface area contributed by atoms with E-state index in [2.05, 4.69) is 4.98 Å². The summed E-state index contributed by atoms with van der Waals surface area (Å²) in [6, 6.07) is 4.25. The van der Waals surface area contributed by atoms with Crippen molar-refractivity contribution < 1.29 is 12.8 Å². The normalized spacial score (nSPS) is 15.3. The van der Waals surface area contributed by atoms with Crippen LogP contribution in [0.2, 0.25) is 0 Å². The third-order valence-electron chi connectivity index (χ3n) is 4.02. The number of nitrogens with zero attached hydrogens (tertiary/aromatic N) is 1. The standard InChI is InChI=1S/C15H22N2O4S/c1-5-10(3)17(11(4)6-2)22(19,20)12-7-8-13-14(9-12)21-15(18)16-13/h7-11H,5-6H2,1-4H3,(H,16,18). The molecule has 0 aliphatic rings. The number of aromatic amines is 1. The first-order valence-electron chi connectivity index (χ1n) is 7.47. The van der Waals surface area contributed by atoms with Crippen LogP contribution in [0.25, 0.3) is 11.1 Å². The van der Waals surface area contributed by atoms with E-state index in [1.807, 2.05) is 27.7 Å². The first-order chi connectivity index (χ1) is 10.3. The second-order valence-electron chi connectivity index (χ2n) is 5.52. The van der Waals surface area contributed by atoms with Gasteiger partial charge in [-0.2, -0.15) is 4.31 Å². The van der Waals surface area contributed by atoms with Crippen molar-refractivity contribution in [3.05, 3.63) is 28.7 Å². The molecule has 2 aromatic rings. The minimum absolute atomic E-state index is 0.103. The third-order valence-corrected chi connectivity index (χ3v) is 6.14. The van der Waals surface area contributed by atoms with Gasteiger partial charge < -0.3 is 4.42 Å². The first-order valence-corrected chi connectivity index (χ1v) is 8.91. The maximum atomic E-state index is 13.0. The smallest absolute Gasteiger partial charge is 0.408 e. The average molecular weight is 326 g/mol. The van der Waals surface area contributed by atoms with Crippen molar-refractivity contribution in [3.63, 3.8) is 0 Å². The van der Waals surface area contributed by atoms with Crippen molar-refractivity contribution >= 4 is 21.1 Å². The molecule has 0 amide bonds. The van der Waals surface area contributed by atoms with Crippen LogP contribution in [-0.2, 0) is 10.0 Å². The summed E-state index contributed by atoms with van der Waals surface area (Å²) in [5.41, 5.74) is 0.738.